The molecule has 19 heavy (non-hydrogen) atoms. The molecule has 3 nitrogen and oxygen atoms in total. The highest BCUT2D eigenvalue weighted by Crippen LogP contribution is 2.35. The van der Waals surface area contributed by atoms with Gasteiger partial charge in [0, 0.05) is 17.1 Å². The summed E-state index contributed by atoms with van der Waals surface area (Å²) in [6, 6.07) is 4.11. The molecule has 4 heteroatoms. The quantitative estimate of drug-likeness (QED) is 0.900. The molecule has 0 aliphatic carbocycles. The Balaban J connectivity index is 1.97. The van der Waals surface area contributed by atoms with Gasteiger partial charge in [0.15, 0.2) is 11.5 Å². The summed E-state index contributed by atoms with van der Waals surface area (Å²) in [5.41, 5.74) is 7.16. The van der Waals surface area contributed by atoms with Crippen molar-refractivity contribution in [1.29, 1.82) is 0 Å². The molecule has 1 aliphatic heterocycles. The fourth-order valence-corrected chi connectivity index (χ4v) is 2.41. The first-order valence-electron chi connectivity index (χ1n) is 6.91. The average molecular weight is 284 g/mol. The standard InChI is InChI=1S/C15H22ClNO2/c1-10(2)13(17)5-3-4-11-8-14-15(9-12(11)16)19-7-6-18-14/h8-10,13H,3-7,17H2,1-2H3. The number of ether oxygens (including phenoxy) is 2. The molecule has 2 rings (SSSR count). The van der Waals surface area contributed by atoms with E-state index in [1.807, 2.05) is 12.1 Å². The SMILES string of the molecule is CC(C)C(N)CCCc1cc2c(cc1Cl)OCCO2. The topological polar surface area (TPSA) is 44.5 Å². The average Bonchev–Trinajstić information content (AvgIpc) is 2.39. The van der Waals surface area contributed by atoms with Crippen LogP contribution < -0.4 is 15.2 Å². The van der Waals surface area contributed by atoms with E-state index in [0.29, 0.717) is 19.1 Å². The maximum absolute atomic E-state index is 6.27. The smallest absolute Gasteiger partial charge is 0.162 e. The van der Waals surface area contributed by atoms with Crippen LogP contribution in [0.1, 0.15) is 32.3 Å². The van der Waals surface area contributed by atoms with Crippen molar-refractivity contribution in [2.75, 3.05) is 13.2 Å². The molecule has 1 atom stereocenters. The van der Waals surface area contributed by atoms with Gasteiger partial charge in [0.1, 0.15) is 13.2 Å². The Morgan fingerprint density at radius 2 is 1.84 bits per heavy atom. The van der Waals surface area contributed by atoms with Crippen molar-refractivity contribution < 1.29 is 9.47 Å². The van der Waals surface area contributed by atoms with Crippen LogP contribution in [0.3, 0.4) is 0 Å². The molecular formula is C15H22ClNO2. The molecule has 0 saturated carbocycles. The van der Waals surface area contributed by atoms with E-state index in [-0.39, 0.29) is 6.04 Å². The van der Waals surface area contributed by atoms with Gasteiger partial charge in [-0.05, 0) is 36.8 Å². The minimum absolute atomic E-state index is 0.260. The first-order chi connectivity index (χ1) is 9.08. The summed E-state index contributed by atoms with van der Waals surface area (Å²) >= 11 is 6.27. The zero-order valence-electron chi connectivity index (χ0n) is 11.6. The van der Waals surface area contributed by atoms with Crippen LogP contribution in [-0.2, 0) is 6.42 Å². The van der Waals surface area contributed by atoms with Crippen molar-refractivity contribution in [3.05, 3.63) is 22.7 Å². The van der Waals surface area contributed by atoms with E-state index in [1.54, 1.807) is 0 Å². The van der Waals surface area contributed by atoms with Crippen molar-refractivity contribution in [1.82, 2.24) is 0 Å². The largest absolute Gasteiger partial charge is 0.486 e. The molecule has 1 unspecified atom stereocenters. The molecule has 0 amide bonds. The zero-order chi connectivity index (χ0) is 13.8. The number of halogens is 1. The van der Waals surface area contributed by atoms with Crippen LogP contribution in [-0.4, -0.2) is 19.3 Å². The van der Waals surface area contributed by atoms with Gasteiger partial charge in [0.25, 0.3) is 0 Å². The van der Waals surface area contributed by atoms with Crippen LogP contribution in [0.4, 0.5) is 0 Å². The number of benzene rings is 1. The molecule has 1 aromatic rings. The molecule has 1 heterocycles. The van der Waals surface area contributed by atoms with Crippen LogP contribution in [0.2, 0.25) is 5.02 Å². The molecule has 1 aromatic carbocycles. The number of hydrogen-bond acceptors (Lipinski definition) is 3. The zero-order valence-corrected chi connectivity index (χ0v) is 12.4. The van der Waals surface area contributed by atoms with E-state index in [0.717, 1.165) is 41.3 Å². The first kappa shape index (κ1) is 14.5. The van der Waals surface area contributed by atoms with E-state index in [9.17, 15) is 0 Å². The van der Waals surface area contributed by atoms with Crippen LogP contribution in [0.25, 0.3) is 0 Å². The monoisotopic (exact) mass is 283 g/mol. The predicted octanol–water partition coefficient (Wildman–Crippen LogP) is 3.42. The third-order valence-corrected chi connectivity index (χ3v) is 3.90. The van der Waals surface area contributed by atoms with Crippen molar-refractivity contribution in [2.45, 2.75) is 39.2 Å². The second-order valence-electron chi connectivity index (χ2n) is 5.39. The Kier molecular flexibility index (Phi) is 4.94. The van der Waals surface area contributed by atoms with Gasteiger partial charge in [0.2, 0.25) is 0 Å². The lowest BCUT2D eigenvalue weighted by Crippen LogP contribution is -2.26. The molecular weight excluding hydrogens is 262 g/mol. The maximum Gasteiger partial charge on any atom is 0.162 e. The summed E-state index contributed by atoms with van der Waals surface area (Å²) in [5.74, 6) is 2.08. The van der Waals surface area contributed by atoms with Gasteiger partial charge in [-0.1, -0.05) is 25.4 Å². The molecule has 0 bridgehead atoms. The fourth-order valence-electron chi connectivity index (χ4n) is 2.16. The Bertz CT molecular complexity index is 434. The van der Waals surface area contributed by atoms with E-state index >= 15 is 0 Å². The minimum Gasteiger partial charge on any atom is -0.486 e. The molecule has 0 spiro atoms. The summed E-state index contributed by atoms with van der Waals surface area (Å²) < 4.78 is 11.1. The summed E-state index contributed by atoms with van der Waals surface area (Å²) in [6.07, 6.45) is 2.98. The van der Waals surface area contributed by atoms with Gasteiger partial charge >= 0.3 is 0 Å². The maximum atomic E-state index is 6.27. The number of aryl methyl sites for hydroxylation is 1. The molecule has 106 valence electrons. The van der Waals surface area contributed by atoms with Gasteiger partial charge < -0.3 is 15.2 Å². The van der Waals surface area contributed by atoms with E-state index in [2.05, 4.69) is 13.8 Å². The van der Waals surface area contributed by atoms with Crippen molar-refractivity contribution in [3.63, 3.8) is 0 Å². The third kappa shape index (κ3) is 3.77. The fraction of sp³-hybridized carbons (Fsp3) is 0.600. The Hall–Kier alpha value is -0.930. The molecule has 0 saturated heterocycles. The summed E-state index contributed by atoms with van der Waals surface area (Å²) in [7, 11) is 0. The van der Waals surface area contributed by atoms with Crippen molar-refractivity contribution >= 4 is 11.6 Å². The molecule has 1 aliphatic rings. The van der Waals surface area contributed by atoms with Crippen molar-refractivity contribution in [3.8, 4) is 11.5 Å². The van der Waals surface area contributed by atoms with Gasteiger partial charge in [-0.25, -0.2) is 0 Å². The van der Waals surface area contributed by atoms with Gasteiger partial charge in [-0.15, -0.1) is 0 Å². The number of hydrogen-bond donors (Lipinski definition) is 1. The predicted molar refractivity (Wildman–Crippen MR) is 78.2 cm³/mol. The Morgan fingerprint density at radius 1 is 1.21 bits per heavy atom. The second-order valence-corrected chi connectivity index (χ2v) is 5.79. The minimum atomic E-state index is 0.260. The van der Waals surface area contributed by atoms with Crippen LogP contribution >= 0.6 is 11.6 Å². The number of rotatable bonds is 5. The lowest BCUT2D eigenvalue weighted by Gasteiger charge is -2.20. The lowest BCUT2D eigenvalue weighted by molar-refractivity contribution is 0.171. The molecule has 2 N–H and O–H groups in total. The third-order valence-electron chi connectivity index (χ3n) is 3.55. The molecule has 0 radical (unpaired) electrons. The summed E-state index contributed by atoms with van der Waals surface area (Å²) in [5, 5.41) is 0.752. The van der Waals surface area contributed by atoms with Crippen LogP contribution in [0.5, 0.6) is 11.5 Å². The number of nitrogens with two attached hydrogens (primary N) is 1. The molecule has 0 fully saturated rings. The Labute approximate surface area is 120 Å². The molecule has 0 aromatic heterocycles. The Morgan fingerprint density at radius 3 is 2.47 bits per heavy atom. The van der Waals surface area contributed by atoms with Crippen LogP contribution in [0, 0.1) is 5.92 Å². The van der Waals surface area contributed by atoms with E-state index in [1.165, 1.54) is 0 Å². The van der Waals surface area contributed by atoms with Gasteiger partial charge in [-0.3, -0.25) is 0 Å². The van der Waals surface area contributed by atoms with Crippen LogP contribution in [0.15, 0.2) is 12.1 Å². The second kappa shape index (κ2) is 6.49. The van der Waals surface area contributed by atoms with E-state index < -0.39 is 0 Å². The highest BCUT2D eigenvalue weighted by atomic mass is 35.5. The first-order valence-corrected chi connectivity index (χ1v) is 7.29. The highest BCUT2D eigenvalue weighted by Gasteiger charge is 2.15. The summed E-state index contributed by atoms with van der Waals surface area (Å²) in [4.78, 5) is 0. The summed E-state index contributed by atoms with van der Waals surface area (Å²) in [6.45, 7) is 5.50. The lowest BCUT2D eigenvalue weighted by atomic mass is 9.97. The normalized spacial score (nSPS) is 15.6. The van der Waals surface area contributed by atoms with Gasteiger partial charge in [0.05, 0.1) is 0 Å². The van der Waals surface area contributed by atoms with E-state index in [4.69, 9.17) is 26.8 Å². The number of fused-ring (bicyclic) bond motifs is 1. The highest BCUT2D eigenvalue weighted by molar-refractivity contribution is 6.31. The van der Waals surface area contributed by atoms with Crippen molar-refractivity contribution in [2.24, 2.45) is 11.7 Å². The van der Waals surface area contributed by atoms with Gasteiger partial charge in [-0.2, -0.15) is 0 Å².